The van der Waals surface area contributed by atoms with Crippen molar-refractivity contribution >= 4 is 21.6 Å². The summed E-state index contributed by atoms with van der Waals surface area (Å²) < 4.78 is 22.4. The minimum atomic E-state index is -3.14. The molecule has 7 heteroatoms. The van der Waals surface area contributed by atoms with Crippen molar-refractivity contribution in [2.45, 2.75) is 39.2 Å². The smallest absolute Gasteiger partial charge is 0.251 e. The zero-order valence-corrected chi connectivity index (χ0v) is 13.9. The predicted molar refractivity (Wildman–Crippen MR) is 84.0 cm³/mol. The summed E-state index contributed by atoms with van der Waals surface area (Å²) in [6.45, 7) is 7.57. The average Bonchev–Trinajstić information content (AvgIpc) is 2.23. The molecule has 1 amide bonds. The molecular formula is C14H23N3O3S. The molecule has 0 radical (unpaired) electrons. The number of sulfone groups is 1. The van der Waals surface area contributed by atoms with E-state index in [9.17, 15) is 13.2 Å². The van der Waals surface area contributed by atoms with Crippen molar-refractivity contribution in [2.75, 3.05) is 17.7 Å². The predicted octanol–water partition coefficient (Wildman–Crippen LogP) is 1.12. The molecule has 0 saturated carbocycles. The zero-order chi connectivity index (χ0) is 16.4. The van der Waals surface area contributed by atoms with Gasteiger partial charge in [0.05, 0.1) is 5.75 Å². The Kier molecular flexibility index (Phi) is 4.99. The first-order valence-electron chi connectivity index (χ1n) is 6.65. The Hall–Kier alpha value is -1.63. The van der Waals surface area contributed by atoms with Crippen LogP contribution < -0.4 is 11.1 Å². The van der Waals surface area contributed by atoms with E-state index in [1.54, 1.807) is 13.0 Å². The van der Waals surface area contributed by atoms with E-state index in [0.717, 1.165) is 6.26 Å². The van der Waals surface area contributed by atoms with Crippen molar-refractivity contribution < 1.29 is 13.2 Å². The summed E-state index contributed by atoms with van der Waals surface area (Å²) in [7, 11) is -3.14. The Labute approximate surface area is 126 Å². The van der Waals surface area contributed by atoms with Crippen molar-refractivity contribution in [3.05, 3.63) is 23.4 Å². The molecule has 0 aromatic carbocycles. The monoisotopic (exact) mass is 313 g/mol. The topological polar surface area (TPSA) is 102 Å². The lowest BCUT2D eigenvalue weighted by Gasteiger charge is -2.19. The lowest BCUT2D eigenvalue weighted by molar-refractivity contribution is 0.0943. The number of hydrogen-bond acceptors (Lipinski definition) is 5. The van der Waals surface area contributed by atoms with Crippen LogP contribution in [0.3, 0.4) is 0 Å². The first-order chi connectivity index (χ1) is 9.38. The number of anilines is 1. The van der Waals surface area contributed by atoms with Gasteiger partial charge in [-0.15, -0.1) is 0 Å². The van der Waals surface area contributed by atoms with Crippen LogP contribution in [0.1, 0.15) is 43.7 Å². The van der Waals surface area contributed by atoms with Crippen molar-refractivity contribution in [1.82, 2.24) is 10.3 Å². The number of nitrogens with two attached hydrogens (primary N) is 1. The van der Waals surface area contributed by atoms with Crippen LogP contribution in [0.25, 0.3) is 0 Å². The molecule has 0 aliphatic rings. The molecule has 0 spiro atoms. The number of hydrogen-bond donors (Lipinski definition) is 2. The summed E-state index contributed by atoms with van der Waals surface area (Å²) in [5, 5.41) is 2.66. The summed E-state index contributed by atoms with van der Waals surface area (Å²) in [4.78, 5) is 16.4. The number of nitrogens with one attached hydrogen (secondary N) is 1. The van der Waals surface area contributed by atoms with Crippen LogP contribution in [-0.4, -0.2) is 37.4 Å². The molecule has 21 heavy (non-hydrogen) atoms. The molecule has 0 aliphatic heterocycles. The van der Waals surface area contributed by atoms with Gasteiger partial charge in [0.1, 0.15) is 15.7 Å². The number of amides is 1. The molecule has 0 aliphatic carbocycles. The van der Waals surface area contributed by atoms with Crippen LogP contribution in [0.4, 0.5) is 5.82 Å². The maximum atomic E-state index is 12.2. The number of rotatable bonds is 4. The molecule has 1 atom stereocenters. The first kappa shape index (κ1) is 17.4. The Bertz CT molecular complexity index is 633. The molecule has 1 unspecified atom stereocenters. The van der Waals surface area contributed by atoms with Gasteiger partial charge in [-0.1, -0.05) is 20.8 Å². The van der Waals surface area contributed by atoms with Crippen LogP contribution in [0, 0.1) is 0 Å². The Balaban J connectivity index is 2.96. The summed E-state index contributed by atoms with van der Waals surface area (Å²) in [5.41, 5.74) is 6.60. The van der Waals surface area contributed by atoms with Gasteiger partial charge < -0.3 is 11.1 Å². The van der Waals surface area contributed by atoms with E-state index in [0.29, 0.717) is 11.3 Å². The van der Waals surface area contributed by atoms with Gasteiger partial charge in [0.2, 0.25) is 0 Å². The number of carbonyl (C=O) groups is 1. The Morgan fingerprint density at radius 3 is 2.43 bits per heavy atom. The lowest BCUT2D eigenvalue weighted by atomic mass is 9.90. The van der Waals surface area contributed by atoms with Crippen LogP contribution in [-0.2, 0) is 15.3 Å². The van der Waals surface area contributed by atoms with Gasteiger partial charge in [-0.05, 0) is 19.1 Å². The van der Waals surface area contributed by atoms with E-state index in [4.69, 9.17) is 5.73 Å². The summed E-state index contributed by atoms with van der Waals surface area (Å²) in [6, 6.07) is 2.69. The maximum Gasteiger partial charge on any atom is 0.251 e. The molecule has 0 bridgehead atoms. The fourth-order valence-corrected chi connectivity index (χ4v) is 2.86. The molecule has 1 aromatic heterocycles. The van der Waals surface area contributed by atoms with Gasteiger partial charge >= 0.3 is 0 Å². The number of nitrogens with zero attached hydrogens (tertiary/aromatic N) is 1. The third-order valence-electron chi connectivity index (χ3n) is 2.81. The zero-order valence-electron chi connectivity index (χ0n) is 13.1. The van der Waals surface area contributed by atoms with E-state index in [-0.39, 0.29) is 22.9 Å². The second kappa shape index (κ2) is 6.01. The Morgan fingerprint density at radius 2 is 1.95 bits per heavy atom. The molecular weight excluding hydrogens is 290 g/mol. The first-order valence-corrected chi connectivity index (χ1v) is 8.71. The number of carbonyl (C=O) groups excluding carboxylic acids is 1. The third-order valence-corrected chi connectivity index (χ3v) is 3.91. The highest BCUT2D eigenvalue weighted by Gasteiger charge is 2.20. The van der Waals surface area contributed by atoms with Crippen molar-refractivity contribution in [3.8, 4) is 0 Å². The number of nitrogen functional groups attached to an aromatic ring is 1. The van der Waals surface area contributed by atoms with Gasteiger partial charge in [0.15, 0.2) is 0 Å². The second-order valence-electron chi connectivity index (χ2n) is 6.38. The molecule has 1 rings (SSSR count). The minimum Gasteiger partial charge on any atom is -0.384 e. The number of aromatic nitrogens is 1. The van der Waals surface area contributed by atoms with Gasteiger partial charge in [0, 0.05) is 29.0 Å². The van der Waals surface area contributed by atoms with Gasteiger partial charge in [-0.25, -0.2) is 13.4 Å². The molecule has 6 nitrogen and oxygen atoms in total. The maximum absolute atomic E-state index is 12.2. The second-order valence-corrected chi connectivity index (χ2v) is 8.57. The van der Waals surface area contributed by atoms with Crippen LogP contribution in [0.15, 0.2) is 12.1 Å². The average molecular weight is 313 g/mol. The van der Waals surface area contributed by atoms with E-state index in [2.05, 4.69) is 10.3 Å². The van der Waals surface area contributed by atoms with E-state index >= 15 is 0 Å². The van der Waals surface area contributed by atoms with E-state index in [1.165, 1.54) is 6.07 Å². The van der Waals surface area contributed by atoms with E-state index < -0.39 is 15.9 Å². The summed E-state index contributed by atoms with van der Waals surface area (Å²) in [6.07, 6.45) is 1.14. The summed E-state index contributed by atoms with van der Waals surface area (Å²) >= 11 is 0. The highest BCUT2D eigenvalue weighted by Crippen LogP contribution is 2.22. The van der Waals surface area contributed by atoms with Crippen molar-refractivity contribution in [1.29, 1.82) is 0 Å². The van der Waals surface area contributed by atoms with Crippen LogP contribution in [0.5, 0.6) is 0 Å². The van der Waals surface area contributed by atoms with Crippen LogP contribution in [0.2, 0.25) is 0 Å². The van der Waals surface area contributed by atoms with Crippen LogP contribution >= 0.6 is 0 Å². The fourth-order valence-electron chi connectivity index (χ4n) is 1.87. The van der Waals surface area contributed by atoms with E-state index in [1.807, 2.05) is 20.8 Å². The Morgan fingerprint density at radius 1 is 1.38 bits per heavy atom. The molecule has 1 aromatic rings. The molecule has 1 heterocycles. The summed E-state index contributed by atoms with van der Waals surface area (Å²) in [5.74, 6) is -0.195. The molecule has 3 N–H and O–H groups in total. The van der Waals surface area contributed by atoms with Crippen molar-refractivity contribution in [2.24, 2.45) is 0 Å². The standard InChI is InChI=1S/C14H23N3O3S/c1-9(8-21(5,19)20)16-13(18)10-6-11(14(2,3)4)17-12(15)7-10/h6-7,9H,8H2,1-5H3,(H2,15,17)(H,16,18). The molecule has 118 valence electrons. The highest BCUT2D eigenvalue weighted by atomic mass is 32.2. The lowest BCUT2D eigenvalue weighted by Crippen LogP contribution is -2.37. The highest BCUT2D eigenvalue weighted by molar-refractivity contribution is 7.90. The molecule has 0 saturated heterocycles. The third kappa shape index (κ3) is 5.71. The fraction of sp³-hybridized carbons (Fsp3) is 0.571. The number of pyridine rings is 1. The van der Waals surface area contributed by atoms with Crippen molar-refractivity contribution in [3.63, 3.8) is 0 Å². The van der Waals surface area contributed by atoms with Gasteiger partial charge in [-0.3, -0.25) is 4.79 Å². The quantitative estimate of drug-likeness (QED) is 0.867. The largest absolute Gasteiger partial charge is 0.384 e. The van der Waals surface area contributed by atoms with Gasteiger partial charge in [0.25, 0.3) is 5.91 Å². The SMILES string of the molecule is CC(CS(C)(=O)=O)NC(=O)c1cc(N)nc(C(C)(C)C)c1. The van der Waals surface area contributed by atoms with Gasteiger partial charge in [-0.2, -0.15) is 0 Å². The molecule has 0 fully saturated rings. The minimum absolute atomic E-state index is 0.106. The normalized spacial score (nSPS) is 13.8.